The lowest BCUT2D eigenvalue weighted by Crippen LogP contribution is -2.34. The van der Waals surface area contributed by atoms with E-state index in [1.54, 1.807) is 24.3 Å². The minimum atomic E-state index is -1.77. The number of hydrogen-bond donors (Lipinski definition) is 2. The second-order valence-electron chi connectivity index (χ2n) is 3.84. The molecular weight excluding hydrogens is 241 g/mol. The zero-order chi connectivity index (χ0) is 12.0. The van der Waals surface area contributed by atoms with Crippen LogP contribution < -0.4 is 5.32 Å². The van der Waals surface area contributed by atoms with E-state index in [2.05, 4.69) is 5.32 Å². The second kappa shape index (κ2) is 3.38. The van der Waals surface area contributed by atoms with E-state index in [0.717, 1.165) is 11.3 Å². The van der Waals surface area contributed by atoms with Crippen molar-refractivity contribution >= 4 is 22.9 Å². The lowest BCUT2D eigenvalue weighted by Gasteiger charge is -2.18. The molecule has 3 rings (SSSR count). The summed E-state index contributed by atoms with van der Waals surface area (Å²) in [6.07, 6.45) is 0. The summed E-state index contributed by atoms with van der Waals surface area (Å²) in [5, 5.41) is 14.4. The average Bonchev–Trinajstić information content (AvgIpc) is 2.85. The smallest absolute Gasteiger partial charge is 0.266 e. The van der Waals surface area contributed by atoms with Crippen LogP contribution in [0.2, 0.25) is 0 Å². The molecular formula is C12H8FNO2S. The summed E-state index contributed by atoms with van der Waals surface area (Å²) in [5.41, 5.74) is -0.744. The number of aliphatic hydroxyl groups is 1. The Labute approximate surface area is 101 Å². The molecule has 3 nitrogen and oxygen atoms in total. The van der Waals surface area contributed by atoms with Crippen molar-refractivity contribution < 1.29 is 14.3 Å². The zero-order valence-corrected chi connectivity index (χ0v) is 9.42. The molecule has 0 saturated carbocycles. The maximum Gasteiger partial charge on any atom is 0.266 e. The summed E-state index contributed by atoms with van der Waals surface area (Å²) in [6, 6.07) is 8.04. The van der Waals surface area contributed by atoms with E-state index in [9.17, 15) is 14.3 Å². The molecule has 1 aliphatic heterocycles. The van der Waals surface area contributed by atoms with Gasteiger partial charge in [0.15, 0.2) is 0 Å². The number of carbonyl (C=O) groups excluding carboxylic acids is 1. The van der Waals surface area contributed by atoms with Gasteiger partial charge in [0, 0.05) is 16.6 Å². The second-order valence-corrected chi connectivity index (χ2v) is 4.75. The van der Waals surface area contributed by atoms with Crippen LogP contribution in [0.25, 0.3) is 0 Å². The molecule has 1 aromatic carbocycles. The molecule has 86 valence electrons. The Kier molecular flexibility index (Phi) is 2.08. The van der Waals surface area contributed by atoms with Crippen LogP contribution >= 0.6 is 11.3 Å². The average molecular weight is 249 g/mol. The van der Waals surface area contributed by atoms with Crippen LogP contribution in [0.4, 0.5) is 10.1 Å². The van der Waals surface area contributed by atoms with E-state index in [1.165, 1.54) is 11.4 Å². The number of carbonyl (C=O) groups is 1. The molecule has 0 radical (unpaired) electrons. The van der Waals surface area contributed by atoms with Gasteiger partial charge in [-0.3, -0.25) is 4.79 Å². The number of rotatable bonds is 1. The monoisotopic (exact) mass is 249 g/mol. The fourth-order valence-corrected chi connectivity index (χ4v) is 2.85. The fourth-order valence-electron chi connectivity index (χ4n) is 1.99. The first-order chi connectivity index (χ1) is 8.12. The number of fused-ring (bicyclic) bond motifs is 1. The largest absolute Gasteiger partial charge is 0.371 e. The predicted octanol–water partition coefficient (Wildman–Crippen LogP) is 2.08. The van der Waals surface area contributed by atoms with Gasteiger partial charge in [0.1, 0.15) is 5.82 Å². The molecule has 2 N–H and O–H groups in total. The molecule has 1 aromatic heterocycles. The Hall–Kier alpha value is -1.72. The predicted molar refractivity (Wildman–Crippen MR) is 62.3 cm³/mol. The van der Waals surface area contributed by atoms with Gasteiger partial charge in [-0.15, -0.1) is 11.3 Å². The molecule has 2 aromatic rings. The van der Waals surface area contributed by atoms with Gasteiger partial charge >= 0.3 is 0 Å². The van der Waals surface area contributed by atoms with E-state index < -0.39 is 17.3 Å². The van der Waals surface area contributed by atoms with Crippen LogP contribution in [-0.4, -0.2) is 11.0 Å². The molecule has 1 atom stereocenters. The van der Waals surface area contributed by atoms with Gasteiger partial charge in [0.25, 0.3) is 5.91 Å². The van der Waals surface area contributed by atoms with E-state index in [0.29, 0.717) is 11.3 Å². The Morgan fingerprint density at radius 2 is 2.12 bits per heavy atom. The normalized spacial score (nSPS) is 22.4. The molecule has 1 unspecified atom stereocenters. The summed E-state index contributed by atoms with van der Waals surface area (Å²) in [4.78, 5) is 12.2. The van der Waals surface area contributed by atoms with Crippen LogP contribution in [0.1, 0.15) is 10.4 Å². The van der Waals surface area contributed by atoms with Crippen molar-refractivity contribution in [2.45, 2.75) is 5.60 Å². The van der Waals surface area contributed by atoms with Crippen LogP contribution in [-0.2, 0) is 10.4 Å². The maximum atomic E-state index is 13.0. The number of benzene rings is 1. The van der Waals surface area contributed by atoms with Crippen molar-refractivity contribution in [2.24, 2.45) is 0 Å². The highest BCUT2D eigenvalue weighted by molar-refractivity contribution is 7.10. The van der Waals surface area contributed by atoms with E-state index in [4.69, 9.17) is 0 Å². The molecule has 17 heavy (non-hydrogen) atoms. The van der Waals surface area contributed by atoms with Crippen molar-refractivity contribution in [3.63, 3.8) is 0 Å². The lowest BCUT2D eigenvalue weighted by molar-refractivity contribution is -0.129. The van der Waals surface area contributed by atoms with Crippen molar-refractivity contribution in [3.8, 4) is 0 Å². The molecule has 0 spiro atoms. The highest BCUT2D eigenvalue weighted by atomic mass is 32.1. The summed E-state index contributed by atoms with van der Waals surface area (Å²) in [7, 11) is 0. The number of halogens is 1. The molecule has 0 saturated heterocycles. The number of nitrogens with one attached hydrogen (secondary N) is 1. The number of para-hydroxylation sites is 1. The van der Waals surface area contributed by atoms with Gasteiger partial charge in [-0.2, -0.15) is 0 Å². The van der Waals surface area contributed by atoms with Crippen molar-refractivity contribution in [2.75, 3.05) is 5.32 Å². The molecule has 0 aliphatic carbocycles. The number of hydrogen-bond acceptors (Lipinski definition) is 3. The van der Waals surface area contributed by atoms with E-state index >= 15 is 0 Å². The molecule has 0 fully saturated rings. The van der Waals surface area contributed by atoms with Crippen LogP contribution in [0.3, 0.4) is 0 Å². The van der Waals surface area contributed by atoms with Gasteiger partial charge in [-0.1, -0.05) is 18.2 Å². The number of anilines is 1. The summed E-state index contributed by atoms with van der Waals surface area (Å²) < 4.78 is 13.0. The Balaban J connectivity index is 2.23. The number of amides is 1. The summed E-state index contributed by atoms with van der Waals surface area (Å²) >= 11 is 1.03. The molecule has 1 aliphatic rings. The standard InChI is InChI=1S/C12H8FNO2S/c13-7-5-10(17-6-7)12(16)8-3-1-2-4-9(8)14-11(12)15/h1-6,16H,(H,14,15). The van der Waals surface area contributed by atoms with Gasteiger partial charge in [-0.25, -0.2) is 4.39 Å². The molecule has 0 bridgehead atoms. The van der Waals surface area contributed by atoms with Gasteiger partial charge in [0.05, 0.1) is 4.88 Å². The first-order valence-corrected chi connectivity index (χ1v) is 5.88. The Bertz CT molecular complexity index is 610. The van der Waals surface area contributed by atoms with Gasteiger partial charge < -0.3 is 10.4 Å². The first kappa shape index (κ1) is 10.4. The topological polar surface area (TPSA) is 49.3 Å². The number of thiophene rings is 1. The quantitative estimate of drug-likeness (QED) is 0.813. The van der Waals surface area contributed by atoms with E-state index in [-0.39, 0.29) is 4.88 Å². The van der Waals surface area contributed by atoms with Crippen LogP contribution in [0.5, 0.6) is 0 Å². The van der Waals surface area contributed by atoms with Crippen molar-refractivity contribution in [1.82, 2.24) is 0 Å². The fraction of sp³-hybridized carbons (Fsp3) is 0.0833. The highest BCUT2D eigenvalue weighted by Crippen LogP contribution is 2.42. The lowest BCUT2D eigenvalue weighted by atomic mass is 9.94. The zero-order valence-electron chi connectivity index (χ0n) is 8.61. The third-order valence-corrected chi connectivity index (χ3v) is 3.83. The van der Waals surface area contributed by atoms with Gasteiger partial charge in [-0.05, 0) is 12.1 Å². The van der Waals surface area contributed by atoms with Crippen molar-refractivity contribution in [3.05, 3.63) is 52.0 Å². The van der Waals surface area contributed by atoms with Gasteiger partial charge in [0.2, 0.25) is 5.60 Å². The van der Waals surface area contributed by atoms with Crippen LogP contribution in [0, 0.1) is 5.82 Å². The Morgan fingerprint density at radius 3 is 2.82 bits per heavy atom. The maximum absolute atomic E-state index is 13.0. The molecule has 2 heterocycles. The highest BCUT2D eigenvalue weighted by Gasteiger charge is 2.47. The Morgan fingerprint density at radius 1 is 1.35 bits per heavy atom. The van der Waals surface area contributed by atoms with Crippen LogP contribution in [0.15, 0.2) is 35.7 Å². The molecule has 1 amide bonds. The van der Waals surface area contributed by atoms with Crippen molar-refractivity contribution in [1.29, 1.82) is 0 Å². The third kappa shape index (κ3) is 1.33. The minimum Gasteiger partial charge on any atom is -0.371 e. The molecule has 5 heteroatoms. The SMILES string of the molecule is O=C1Nc2ccccc2C1(O)c1cc(F)cs1. The summed E-state index contributed by atoms with van der Waals surface area (Å²) in [6.45, 7) is 0. The minimum absolute atomic E-state index is 0.289. The first-order valence-electron chi connectivity index (χ1n) is 5.00. The third-order valence-electron chi connectivity index (χ3n) is 2.82. The summed E-state index contributed by atoms with van der Waals surface area (Å²) in [5.74, 6) is -0.990. The van der Waals surface area contributed by atoms with E-state index in [1.807, 2.05) is 0 Å².